The van der Waals surface area contributed by atoms with Gasteiger partial charge < -0.3 is 15.6 Å². The first kappa shape index (κ1) is 10.0. The topological polar surface area (TPSA) is 55.5 Å². The molecule has 13 heavy (non-hydrogen) atoms. The molecular formula is C10H15NO2. The maximum absolute atomic E-state index is 9.90. The lowest BCUT2D eigenvalue weighted by molar-refractivity contribution is 0.0641. The van der Waals surface area contributed by atoms with E-state index < -0.39 is 5.60 Å². The molecule has 0 saturated heterocycles. The highest BCUT2D eigenvalue weighted by molar-refractivity contribution is 5.37. The summed E-state index contributed by atoms with van der Waals surface area (Å²) in [7, 11) is 1.57. The summed E-state index contributed by atoms with van der Waals surface area (Å²) in [4.78, 5) is 0. The van der Waals surface area contributed by atoms with Gasteiger partial charge in [-0.25, -0.2) is 0 Å². The lowest BCUT2D eigenvalue weighted by Crippen LogP contribution is -2.31. The molecule has 0 aliphatic carbocycles. The van der Waals surface area contributed by atoms with Crippen molar-refractivity contribution in [2.75, 3.05) is 13.7 Å². The second-order valence-corrected chi connectivity index (χ2v) is 3.18. The van der Waals surface area contributed by atoms with Crippen molar-refractivity contribution in [3.8, 4) is 5.75 Å². The minimum absolute atomic E-state index is 0.174. The number of para-hydroxylation sites is 1. The van der Waals surface area contributed by atoms with Crippen molar-refractivity contribution in [2.45, 2.75) is 12.5 Å². The molecule has 0 spiro atoms. The molecule has 0 aliphatic heterocycles. The fraction of sp³-hybridized carbons (Fsp3) is 0.400. The van der Waals surface area contributed by atoms with Crippen molar-refractivity contribution < 1.29 is 9.84 Å². The second kappa shape index (κ2) is 3.77. The minimum Gasteiger partial charge on any atom is -0.496 e. The van der Waals surface area contributed by atoms with Gasteiger partial charge in [0.2, 0.25) is 0 Å². The Morgan fingerprint density at radius 1 is 1.46 bits per heavy atom. The van der Waals surface area contributed by atoms with Gasteiger partial charge in [0, 0.05) is 12.1 Å². The van der Waals surface area contributed by atoms with Crippen molar-refractivity contribution in [1.29, 1.82) is 0 Å². The Morgan fingerprint density at radius 2 is 2.08 bits per heavy atom. The van der Waals surface area contributed by atoms with Crippen LogP contribution in [0.3, 0.4) is 0 Å². The molecule has 0 aliphatic rings. The van der Waals surface area contributed by atoms with Crippen molar-refractivity contribution >= 4 is 0 Å². The van der Waals surface area contributed by atoms with Crippen molar-refractivity contribution in [3.05, 3.63) is 29.8 Å². The summed E-state index contributed by atoms with van der Waals surface area (Å²) in [5, 5.41) is 9.90. The van der Waals surface area contributed by atoms with Gasteiger partial charge >= 0.3 is 0 Å². The van der Waals surface area contributed by atoms with E-state index in [2.05, 4.69) is 0 Å². The number of benzene rings is 1. The molecule has 0 bridgehead atoms. The Balaban J connectivity index is 3.12. The number of rotatable bonds is 3. The third-order valence-electron chi connectivity index (χ3n) is 2.08. The predicted octanol–water partition coefficient (Wildman–Crippen LogP) is 0.861. The van der Waals surface area contributed by atoms with E-state index in [1.54, 1.807) is 20.1 Å². The van der Waals surface area contributed by atoms with Crippen LogP contribution >= 0.6 is 0 Å². The van der Waals surface area contributed by atoms with Gasteiger partial charge in [0.05, 0.1) is 7.11 Å². The van der Waals surface area contributed by atoms with Gasteiger partial charge in [0.1, 0.15) is 11.4 Å². The molecule has 0 heterocycles. The quantitative estimate of drug-likeness (QED) is 0.727. The summed E-state index contributed by atoms with van der Waals surface area (Å²) in [6, 6.07) is 7.32. The molecule has 0 saturated carbocycles. The lowest BCUT2D eigenvalue weighted by Gasteiger charge is -2.23. The molecule has 3 N–H and O–H groups in total. The summed E-state index contributed by atoms with van der Waals surface area (Å²) in [6.45, 7) is 1.85. The predicted molar refractivity (Wildman–Crippen MR) is 51.6 cm³/mol. The fourth-order valence-electron chi connectivity index (χ4n) is 1.20. The Labute approximate surface area is 78.1 Å². The van der Waals surface area contributed by atoms with Gasteiger partial charge in [-0.2, -0.15) is 0 Å². The van der Waals surface area contributed by atoms with Crippen LogP contribution in [0.15, 0.2) is 24.3 Å². The summed E-state index contributed by atoms with van der Waals surface area (Å²) in [6.07, 6.45) is 0. The van der Waals surface area contributed by atoms with Crippen molar-refractivity contribution in [1.82, 2.24) is 0 Å². The van der Waals surface area contributed by atoms with Crippen LogP contribution < -0.4 is 10.5 Å². The monoisotopic (exact) mass is 181 g/mol. The highest BCUT2D eigenvalue weighted by Gasteiger charge is 2.24. The minimum atomic E-state index is -1.02. The van der Waals surface area contributed by atoms with Gasteiger partial charge in [-0.3, -0.25) is 0 Å². The molecule has 0 radical (unpaired) electrons. The molecule has 1 aromatic carbocycles. The van der Waals surface area contributed by atoms with Crippen LogP contribution in [0.2, 0.25) is 0 Å². The highest BCUT2D eigenvalue weighted by Crippen LogP contribution is 2.28. The van der Waals surface area contributed by atoms with Gasteiger partial charge in [-0.15, -0.1) is 0 Å². The van der Waals surface area contributed by atoms with Gasteiger partial charge in [0.15, 0.2) is 0 Å². The van der Waals surface area contributed by atoms with Gasteiger partial charge in [0.25, 0.3) is 0 Å². The zero-order valence-corrected chi connectivity index (χ0v) is 7.95. The summed E-state index contributed by atoms with van der Waals surface area (Å²) in [5.74, 6) is 0.665. The SMILES string of the molecule is COc1ccccc1C(C)(O)CN. The molecular weight excluding hydrogens is 166 g/mol. The van der Waals surface area contributed by atoms with Crippen molar-refractivity contribution in [2.24, 2.45) is 5.73 Å². The first-order chi connectivity index (χ1) is 6.11. The Kier molecular flexibility index (Phi) is 2.90. The maximum atomic E-state index is 9.90. The number of nitrogens with two attached hydrogens (primary N) is 1. The number of hydrogen-bond donors (Lipinski definition) is 2. The number of aliphatic hydroxyl groups is 1. The Morgan fingerprint density at radius 3 is 2.62 bits per heavy atom. The molecule has 0 fully saturated rings. The Bertz CT molecular complexity index is 284. The molecule has 1 atom stereocenters. The van der Waals surface area contributed by atoms with E-state index in [1.165, 1.54) is 0 Å². The van der Waals surface area contributed by atoms with E-state index in [-0.39, 0.29) is 6.54 Å². The third kappa shape index (κ3) is 1.99. The van der Waals surface area contributed by atoms with Crippen LogP contribution in [0.5, 0.6) is 5.75 Å². The van der Waals surface area contributed by atoms with Gasteiger partial charge in [-0.1, -0.05) is 18.2 Å². The smallest absolute Gasteiger partial charge is 0.124 e. The van der Waals surface area contributed by atoms with Crippen LogP contribution in [0.25, 0.3) is 0 Å². The van der Waals surface area contributed by atoms with E-state index in [9.17, 15) is 5.11 Å². The summed E-state index contributed by atoms with van der Waals surface area (Å²) >= 11 is 0. The standard InChI is InChI=1S/C10H15NO2/c1-10(12,7-11)8-5-3-4-6-9(8)13-2/h3-6,12H,7,11H2,1-2H3. The molecule has 0 amide bonds. The zero-order chi connectivity index (χ0) is 9.90. The summed E-state index contributed by atoms with van der Waals surface area (Å²) < 4.78 is 5.12. The zero-order valence-electron chi connectivity index (χ0n) is 7.95. The molecule has 72 valence electrons. The van der Waals surface area contributed by atoms with Crippen LogP contribution in [0.4, 0.5) is 0 Å². The molecule has 1 aromatic rings. The maximum Gasteiger partial charge on any atom is 0.124 e. The molecule has 0 aromatic heterocycles. The molecule has 3 heteroatoms. The number of ether oxygens (including phenoxy) is 1. The highest BCUT2D eigenvalue weighted by atomic mass is 16.5. The molecule has 1 unspecified atom stereocenters. The fourth-order valence-corrected chi connectivity index (χ4v) is 1.20. The Hall–Kier alpha value is -1.06. The second-order valence-electron chi connectivity index (χ2n) is 3.18. The van der Waals surface area contributed by atoms with Crippen LogP contribution in [-0.4, -0.2) is 18.8 Å². The average molecular weight is 181 g/mol. The molecule has 3 nitrogen and oxygen atoms in total. The lowest BCUT2D eigenvalue weighted by atomic mass is 9.95. The largest absolute Gasteiger partial charge is 0.496 e. The summed E-state index contributed by atoms with van der Waals surface area (Å²) in [5.41, 5.74) is 5.16. The van der Waals surface area contributed by atoms with Crippen LogP contribution in [0.1, 0.15) is 12.5 Å². The molecule has 1 rings (SSSR count). The normalized spacial score (nSPS) is 15.1. The van der Waals surface area contributed by atoms with E-state index in [0.29, 0.717) is 5.75 Å². The third-order valence-corrected chi connectivity index (χ3v) is 2.08. The number of methoxy groups -OCH3 is 1. The first-order valence-corrected chi connectivity index (χ1v) is 4.18. The van der Waals surface area contributed by atoms with Crippen molar-refractivity contribution in [3.63, 3.8) is 0 Å². The van der Waals surface area contributed by atoms with Crippen LogP contribution in [0, 0.1) is 0 Å². The van der Waals surface area contributed by atoms with E-state index in [1.807, 2.05) is 18.2 Å². The number of hydrogen-bond acceptors (Lipinski definition) is 3. The van der Waals surface area contributed by atoms with Gasteiger partial charge in [-0.05, 0) is 13.0 Å². The van der Waals surface area contributed by atoms with E-state index in [0.717, 1.165) is 5.56 Å². The first-order valence-electron chi connectivity index (χ1n) is 4.18. The average Bonchev–Trinajstić information content (AvgIpc) is 2.18. The van der Waals surface area contributed by atoms with Crippen LogP contribution in [-0.2, 0) is 5.60 Å². The van der Waals surface area contributed by atoms with E-state index >= 15 is 0 Å². The van der Waals surface area contributed by atoms with E-state index in [4.69, 9.17) is 10.5 Å².